The summed E-state index contributed by atoms with van der Waals surface area (Å²) in [6.45, 7) is 4.30. The highest BCUT2D eigenvalue weighted by Gasteiger charge is 2.06. The molecule has 2 N–H and O–H groups in total. The molecule has 0 amide bonds. The molecule has 1 rings (SSSR count). The fourth-order valence-electron chi connectivity index (χ4n) is 1.05. The van der Waals surface area contributed by atoms with E-state index in [1.54, 1.807) is 10.9 Å². The fraction of sp³-hybridized carbons (Fsp3) is 0.667. The Morgan fingerprint density at radius 3 is 2.69 bits per heavy atom. The molecule has 0 aromatic carbocycles. The lowest BCUT2D eigenvalue weighted by Gasteiger charge is -2.06. The molecule has 1 atom stereocenters. The fourth-order valence-corrected chi connectivity index (χ4v) is 1.05. The van der Waals surface area contributed by atoms with E-state index in [2.05, 4.69) is 18.9 Å². The van der Waals surface area contributed by atoms with Crippen LogP contribution in [0.1, 0.15) is 25.3 Å². The third kappa shape index (κ3) is 2.82. The molecule has 0 bridgehead atoms. The van der Waals surface area contributed by atoms with Gasteiger partial charge in [-0.25, -0.2) is 0 Å². The van der Waals surface area contributed by atoms with Gasteiger partial charge in [0.15, 0.2) is 0 Å². The molecule has 1 heterocycles. The number of aliphatic hydroxyl groups excluding tert-OH is 2. The van der Waals surface area contributed by atoms with Crippen molar-refractivity contribution in [1.82, 2.24) is 9.78 Å². The molecule has 13 heavy (non-hydrogen) atoms. The van der Waals surface area contributed by atoms with Crippen LogP contribution in [-0.4, -0.2) is 32.7 Å². The lowest BCUT2D eigenvalue weighted by atomic mass is 10.1. The zero-order valence-electron chi connectivity index (χ0n) is 8.01. The molecular weight excluding hydrogens is 168 g/mol. The van der Waals surface area contributed by atoms with Crippen LogP contribution in [0.5, 0.6) is 0 Å². The normalized spacial score (nSPS) is 13.6. The van der Waals surface area contributed by atoms with E-state index in [0.29, 0.717) is 12.5 Å². The third-order valence-electron chi connectivity index (χ3n) is 1.93. The minimum absolute atomic E-state index is 0.225. The molecule has 0 aliphatic rings. The first-order valence-corrected chi connectivity index (χ1v) is 4.44. The largest absolute Gasteiger partial charge is 0.394 e. The minimum Gasteiger partial charge on any atom is -0.394 e. The topological polar surface area (TPSA) is 58.3 Å². The van der Waals surface area contributed by atoms with Crippen molar-refractivity contribution in [2.75, 3.05) is 6.61 Å². The summed E-state index contributed by atoms with van der Waals surface area (Å²) < 4.78 is 1.65. The molecule has 0 saturated carbocycles. The van der Waals surface area contributed by atoms with Gasteiger partial charge in [-0.05, 0) is 11.5 Å². The van der Waals surface area contributed by atoms with Crippen LogP contribution in [0.4, 0.5) is 0 Å². The highest BCUT2D eigenvalue weighted by molar-refractivity contribution is 5.08. The van der Waals surface area contributed by atoms with Gasteiger partial charge < -0.3 is 10.2 Å². The number of rotatable bonds is 4. The molecule has 0 aliphatic carbocycles. The van der Waals surface area contributed by atoms with Crippen molar-refractivity contribution in [2.24, 2.45) is 0 Å². The predicted octanol–water partition coefficient (Wildman–Crippen LogP) is 0.360. The van der Waals surface area contributed by atoms with Gasteiger partial charge in [0.05, 0.1) is 25.5 Å². The van der Waals surface area contributed by atoms with Crippen molar-refractivity contribution in [2.45, 2.75) is 32.4 Å². The number of hydrogen-bond acceptors (Lipinski definition) is 3. The van der Waals surface area contributed by atoms with Crippen LogP contribution in [0.25, 0.3) is 0 Å². The average Bonchev–Trinajstić information content (AvgIpc) is 2.52. The van der Waals surface area contributed by atoms with E-state index in [1.165, 1.54) is 0 Å². The summed E-state index contributed by atoms with van der Waals surface area (Å²) in [5.74, 6) is 0.444. The average molecular weight is 184 g/mol. The highest BCUT2D eigenvalue weighted by atomic mass is 16.3. The van der Waals surface area contributed by atoms with E-state index in [0.717, 1.165) is 5.56 Å². The second-order valence-electron chi connectivity index (χ2n) is 3.49. The summed E-state index contributed by atoms with van der Waals surface area (Å²) in [4.78, 5) is 0. The molecule has 0 unspecified atom stereocenters. The number of hydrogen-bond donors (Lipinski definition) is 2. The van der Waals surface area contributed by atoms with E-state index in [4.69, 9.17) is 10.2 Å². The Bertz CT molecular complexity index is 258. The summed E-state index contributed by atoms with van der Waals surface area (Å²) >= 11 is 0. The van der Waals surface area contributed by atoms with Gasteiger partial charge in [-0.2, -0.15) is 5.10 Å². The first-order valence-electron chi connectivity index (χ1n) is 4.44. The second kappa shape index (κ2) is 4.39. The number of aromatic nitrogens is 2. The van der Waals surface area contributed by atoms with Gasteiger partial charge in [-0.3, -0.25) is 4.68 Å². The van der Waals surface area contributed by atoms with Crippen LogP contribution in [0.15, 0.2) is 12.4 Å². The van der Waals surface area contributed by atoms with Crippen molar-refractivity contribution in [1.29, 1.82) is 0 Å². The summed E-state index contributed by atoms with van der Waals surface area (Å²) in [6, 6.07) is 0. The van der Waals surface area contributed by atoms with Gasteiger partial charge in [-0.1, -0.05) is 13.8 Å². The molecule has 4 heteroatoms. The minimum atomic E-state index is -0.722. The Labute approximate surface area is 77.8 Å². The van der Waals surface area contributed by atoms with E-state index >= 15 is 0 Å². The molecule has 0 fully saturated rings. The lowest BCUT2D eigenvalue weighted by Crippen LogP contribution is -2.19. The monoisotopic (exact) mass is 184 g/mol. The predicted molar refractivity (Wildman–Crippen MR) is 49.4 cm³/mol. The maximum Gasteiger partial charge on any atom is 0.0966 e. The third-order valence-corrected chi connectivity index (χ3v) is 1.93. The number of nitrogens with zero attached hydrogens (tertiary/aromatic N) is 2. The molecule has 0 spiro atoms. The maximum absolute atomic E-state index is 9.15. The molecule has 1 aromatic rings. The van der Waals surface area contributed by atoms with Gasteiger partial charge >= 0.3 is 0 Å². The van der Waals surface area contributed by atoms with Crippen LogP contribution in [0, 0.1) is 0 Å². The highest BCUT2D eigenvalue weighted by Crippen LogP contribution is 2.12. The van der Waals surface area contributed by atoms with Gasteiger partial charge in [0.1, 0.15) is 0 Å². The summed E-state index contributed by atoms with van der Waals surface area (Å²) in [7, 11) is 0. The Balaban J connectivity index is 2.58. The van der Waals surface area contributed by atoms with Gasteiger partial charge in [0.25, 0.3) is 0 Å². The van der Waals surface area contributed by atoms with Crippen molar-refractivity contribution in [3.05, 3.63) is 18.0 Å². The van der Waals surface area contributed by atoms with Crippen LogP contribution < -0.4 is 0 Å². The van der Waals surface area contributed by atoms with Gasteiger partial charge in [0.2, 0.25) is 0 Å². The molecule has 0 saturated heterocycles. The summed E-state index contributed by atoms with van der Waals surface area (Å²) in [6.07, 6.45) is 2.96. The van der Waals surface area contributed by atoms with Crippen molar-refractivity contribution < 1.29 is 10.2 Å². The zero-order chi connectivity index (χ0) is 9.84. The summed E-state index contributed by atoms with van der Waals surface area (Å²) in [5.41, 5.74) is 1.14. The van der Waals surface area contributed by atoms with Crippen LogP contribution in [0.2, 0.25) is 0 Å². The second-order valence-corrected chi connectivity index (χ2v) is 3.49. The standard InChI is InChI=1S/C9H16N2O2/c1-7(2)8-3-10-11(4-8)5-9(13)6-12/h3-4,7,9,12-13H,5-6H2,1-2H3/t9-/m1/s1. The van der Waals surface area contributed by atoms with Crippen molar-refractivity contribution in [3.8, 4) is 0 Å². The van der Waals surface area contributed by atoms with E-state index in [1.807, 2.05) is 6.20 Å². The van der Waals surface area contributed by atoms with Crippen LogP contribution >= 0.6 is 0 Å². The van der Waals surface area contributed by atoms with E-state index < -0.39 is 6.10 Å². The van der Waals surface area contributed by atoms with Crippen molar-refractivity contribution in [3.63, 3.8) is 0 Å². The quantitative estimate of drug-likeness (QED) is 0.710. The first-order chi connectivity index (χ1) is 6.13. The summed E-state index contributed by atoms with van der Waals surface area (Å²) in [5, 5.41) is 21.8. The van der Waals surface area contributed by atoms with Gasteiger partial charge in [-0.15, -0.1) is 0 Å². The van der Waals surface area contributed by atoms with Crippen molar-refractivity contribution >= 4 is 0 Å². The number of aliphatic hydroxyl groups is 2. The zero-order valence-corrected chi connectivity index (χ0v) is 8.01. The van der Waals surface area contributed by atoms with Gasteiger partial charge in [0, 0.05) is 6.20 Å². The molecule has 0 radical (unpaired) electrons. The lowest BCUT2D eigenvalue weighted by molar-refractivity contribution is 0.0782. The SMILES string of the molecule is CC(C)c1cnn(C[C@@H](O)CO)c1. The van der Waals surface area contributed by atoms with E-state index in [-0.39, 0.29) is 6.61 Å². The Morgan fingerprint density at radius 1 is 1.54 bits per heavy atom. The van der Waals surface area contributed by atoms with Crippen LogP contribution in [-0.2, 0) is 6.54 Å². The Kier molecular flexibility index (Phi) is 3.45. The van der Waals surface area contributed by atoms with Crippen LogP contribution in [0.3, 0.4) is 0 Å². The molecule has 74 valence electrons. The molecule has 1 aromatic heterocycles. The Hall–Kier alpha value is -0.870. The maximum atomic E-state index is 9.15. The Morgan fingerprint density at radius 2 is 2.23 bits per heavy atom. The molecular formula is C9H16N2O2. The van der Waals surface area contributed by atoms with E-state index in [9.17, 15) is 0 Å². The smallest absolute Gasteiger partial charge is 0.0966 e. The molecule has 4 nitrogen and oxygen atoms in total. The first kappa shape index (κ1) is 10.2. The molecule has 0 aliphatic heterocycles.